The molecule has 4 atom stereocenters. The van der Waals surface area contributed by atoms with Crippen molar-refractivity contribution in [2.75, 3.05) is 0 Å². The first-order valence-corrected chi connectivity index (χ1v) is 7.31. The van der Waals surface area contributed by atoms with Crippen LogP contribution >= 0.6 is 0 Å². The molecule has 1 saturated carbocycles. The molecule has 3 N–H and O–H groups in total. The van der Waals surface area contributed by atoms with Gasteiger partial charge in [-0.25, -0.2) is 0 Å². The zero-order valence-corrected chi connectivity index (χ0v) is 13.1. The molecule has 0 saturated heterocycles. The van der Waals surface area contributed by atoms with Crippen molar-refractivity contribution < 1.29 is 4.79 Å². The van der Waals surface area contributed by atoms with Crippen molar-refractivity contribution in [2.24, 2.45) is 23.0 Å². The van der Waals surface area contributed by atoms with E-state index in [0.29, 0.717) is 5.92 Å². The van der Waals surface area contributed by atoms with Crippen molar-refractivity contribution in [1.29, 1.82) is 0 Å². The Hall–Kier alpha value is -0.830. The molecule has 19 heavy (non-hydrogen) atoms. The van der Waals surface area contributed by atoms with E-state index in [-0.39, 0.29) is 23.4 Å². The van der Waals surface area contributed by atoms with Crippen LogP contribution < -0.4 is 11.1 Å². The normalized spacial score (nSPS) is 33.6. The maximum atomic E-state index is 12.7. The molecule has 0 aromatic carbocycles. The van der Waals surface area contributed by atoms with Gasteiger partial charge >= 0.3 is 0 Å². The maximum absolute atomic E-state index is 12.7. The van der Waals surface area contributed by atoms with Gasteiger partial charge in [-0.1, -0.05) is 13.0 Å². The molecule has 1 rings (SSSR count). The summed E-state index contributed by atoms with van der Waals surface area (Å²) in [6.45, 7) is 14.0. The predicted molar refractivity (Wildman–Crippen MR) is 80.7 cm³/mol. The van der Waals surface area contributed by atoms with E-state index in [0.717, 1.165) is 19.3 Å². The van der Waals surface area contributed by atoms with E-state index >= 15 is 0 Å². The summed E-state index contributed by atoms with van der Waals surface area (Å²) in [4.78, 5) is 12.7. The SMILES string of the molecule is C=C[C@@H]1CC[C@@H](C(C)N)[C@@](C)(C(=O)NC(C)(C)C)C1. The molecule has 0 aliphatic heterocycles. The number of carbonyl (C=O) groups excluding carboxylic acids is 1. The van der Waals surface area contributed by atoms with Gasteiger partial charge in [0.15, 0.2) is 0 Å². The first-order valence-electron chi connectivity index (χ1n) is 7.31. The minimum atomic E-state index is -0.390. The molecule has 1 aliphatic carbocycles. The van der Waals surface area contributed by atoms with E-state index in [1.807, 2.05) is 33.8 Å². The van der Waals surface area contributed by atoms with Crippen LogP contribution in [-0.2, 0) is 4.79 Å². The molecular formula is C16H30N2O. The summed E-state index contributed by atoms with van der Waals surface area (Å²) < 4.78 is 0. The van der Waals surface area contributed by atoms with Crippen molar-refractivity contribution >= 4 is 5.91 Å². The van der Waals surface area contributed by atoms with Crippen molar-refractivity contribution in [3.8, 4) is 0 Å². The number of amides is 1. The lowest BCUT2D eigenvalue weighted by molar-refractivity contribution is -0.138. The van der Waals surface area contributed by atoms with Crippen LogP contribution in [0.1, 0.15) is 53.9 Å². The first kappa shape index (κ1) is 16.2. The number of allylic oxidation sites excluding steroid dienone is 1. The van der Waals surface area contributed by atoms with Crippen LogP contribution in [0.4, 0.5) is 0 Å². The summed E-state index contributed by atoms with van der Waals surface area (Å²) in [7, 11) is 0. The molecule has 0 aromatic rings. The molecule has 1 amide bonds. The highest BCUT2D eigenvalue weighted by molar-refractivity contribution is 5.83. The van der Waals surface area contributed by atoms with Crippen molar-refractivity contribution in [3.63, 3.8) is 0 Å². The zero-order chi connectivity index (χ0) is 14.8. The zero-order valence-electron chi connectivity index (χ0n) is 13.1. The van der Waals surface area contributed by atoms with E-state index in [1.165, 1.54) is 0 Å². The van der Waals surface area contributed by atoms with Gasteiger partial charge in [0, 0.05) is 11.6 Å². The van der Waals surface area contributed by atoms with Gasteiger partial charge in [0.2, 0.25) is 5.91 Å². The summed E-state index contributed by atoms with van der Waals surface area (Å²) in [5, 5.41) is 3.13. The lowest BCUT2D eigenvalue weighted by Gasteiger charge is -2.45. The molecule has 1 aliphatic rings. The Bertz CT molecular complexity index is 343. The molecule has 110 valence electrons. The molecule has 0 heterocycles. The Labute approximate surface area is 118 Å². The predicted octanol–water partition coefficient (Wildman–Crippen LogP) is 2.86. The van der Waals surface area contributed by atoms with Crippen LogP contribution in [-0.4, -0.2) is 17.5 Å². The van der Waals surface area contributed by atoms with Gasteiger partial charge in [-0.05, 0) is 58.8 Å². The number of carbonyl (C=O) groups is 1. The van der Waals surface area contributed by atoms with Gasteiger partial charge in [-0.15, -0.1) is 6.58 Å². The lowest BCUT2D eigenvalue weighted by atomic mass is 9.61. The average Bonchev–Trinajstić information content (AvgIpc) is 2.25. The Balaban J connectivity index is 2.98. The molecule has 1 unspecified atom stereocenters. The fraction of sp³-hybridized carbons (Fsp3) is 0.812. The quantitative estimate of drug-likeness (QED) is 0.772. The third-order valence-corrected chi connectivity index (χ3v) is 4.33. The Morgan fingerprint density at radius 1 is 1.47 bits per heavy atom. The fourth-order valence-corrected chi connectivity index (χ4v) is 3.30. The van der Waals surface area contributed by atoms with Crippen LogP contribution in [0, 0.1) is 17.3 Å². The number of hydrogen-bond donors (Lipinski definition) is 2. The van der Waals surface area contributed by atoms with E-state index < -0.39 is 5.41 Å². The molecule has 0 radical (unpaired) electrons. The number of nitrogens with two attached hydrogens (primary N) is 1. The van der Waals surface area contributed by atoms with Crippen LogP contribution in [0.2, 0.25) is 0 Å². The molecular weight excluding hydrogens is 236 g/mol. The van der Waals surface area contributed by atoms with E-state index in [1.54, 1.807) is 0 Å². The van der Waals surface area contributed by atoms with Crippen molar-refractivity contribution in [2.45, 2.75) is 65.5 Å². The molecule has 0 aromatic heterocycles. The third kappa shape index (κ3) is 3.82. The van der Waals surface area contributed by atoms with Crippen LogP contribution in [0.5, 0.6) is 0 Å². The van der Waals surface area contributed by atoms with Crippen LogP contribution in [0.25, 0.3) is 0 Å². The number of rotatable bonds is 3. The molecule has 0 bridgehead atoms. The third-order valence-electron chi connectivity index (χ3n) is 4.33. The summed E-state index contributed by atoms with van der Waals surface area (Å²) >= 11 is 0. The first-order chi connectivity index (χ1) is 8.60. The topological polar surface area (TPSA) is 55.1 Å². The highest BCUT2D eigenvalue weighted by atomic mass is 16.2. The second-order valence-corrected chi connectivity index (χ2v) is 7.36. The van der Waals surface area contributed by atoms with Gasteiger partial charge < -0.3 is 11.1 Å². The van der Waals surface area contributed by atoms with E-state index in [9.17, 15) is 4.79 Å². The summed E-state index contributed by atoms with van der Waals surface area (Å²) in [5.74, 6) is 0.797. The smallest absolute Gasteiger partial charge is 0.226 e. The largest absolute Gasteiger partial charge is 0.351 e. The monoisotopic (exact) mass is 266 g/mol. The number of nitrogens with one attached hydrogen (secondary N) is 1. The van der Waals surface area contributed by atoms with Gasteiger partial charge in [-0.3, -0.25) is 4.79 Å². The maximum Gasteiger partial charge on any atom is 0.226 e. The minimum absolute atomic E-state index is 0.0430. The van der Waals surface area contributed by atoms with Crippen molar-refractivity contribution in [1.82, 2.24) is 5.32 Å². The standard InChI is InChI=1S/C16H30N2O/c1-7-12-8-9-13(11(2)17)16(6,10-12)14(19)18-15(3,4)5/h7,11-13H,1,8-10,17H2,2-6H3,(H,18,19)/t11?,12-,13+,16+/m1/s1. The molecule has 1 fully saturated rings. The Kier molecular flexibility index (Phi) is 4.83. The van der Waals surface area contributed by atoms with Gasteiger partial charge in [0.05, 0.1) is 5.41 Å². The minimum Gasteiger partial charge on any atom is -0.351 e. The van der Waals surface area contributed by atoms with Gasteiger partial charge in [-0.2, -0.15) is 0 Å². The van der Waals surface area contributed by atoms with Gasteiger partial charge in [0.25, 0.3) is 0 Å². The highest BCUT2D eigenvalue weighted by Gasteiger charge is 2.47. The van der Waals surface area contributed by atoms with Crippen LogP contribution in [0.3, 0.4) is 0 Å². The lowest BCUT2D eigenvalue weighted by Crippen LogP contribution is -2.55. The molecule has 0 spiro atoms. The van der Waals surface area contributed by atoms with E-state index in [4.69, 9.17) is 5.73 Å². The Morgan fingerprint density at radius 2 is 2.05 bits per heavy atom. The van der Waals surface area contributed by atoms with Crippen molar-refractivity contribution in [3.05, 3.63) is 12.7 Å². The van der Waals surface area contributed by atoms with E-state index in [2.05, 4.69) is 18.8 Å². The molecule has 3 nitrogen and oxygen atoms in total. The summed E-state index contributed by atoms with van der Waals surface area (Å²) in [6.07, 6.45) is 4.93. The fourth-order valence-electron chi connectivity index (χ4n) is 3.30. The second kappa shape index (κ2) is 5.66. The molecule has 3 heteroatoms. The summed E-state index contributed by atoms with van der Waals surface area (Å²) in [6, 6.07) is 0.0430. The average molecular weight is 266 g/mol. The summed E-state index contributed by atoms with van der Waals surface area (Å²) in [5.41, 5.74) is 5.53. The second-order valence-electron chi connectivity index (χ2n) is 7.36. The van der Waals surface area contributed by atoms with Gasteiger partial charge in [0.1, 0.15) is 0 Å². The highest BCUT2D eigenvalue weighted by Crippen LogP contribution is 2.45. The Morgan fingerprint density at radius 3 is 2.47 bits per heavy atom. The number of hydrogen-bond acceptors (Lipinski definition) is 2. The van der Waals surface area contributed by atoms with Crippen LogP contribution in [0.15, 0.2) is 12.7 Å².